The Labute approximate surface area is 106 Å². The molecule has 2 rings (SSSR count). The Kier molecular flexibility index (Phi) is 4.00. The van der Waals surface area contributed by atoms with Crippen LogP contribution in [0.2, 0.25) is 5.02 Å². The summed E-state index contributed by atoms with van der Waals surface area (Å²) in [5.74, 6) is 0. The second kappa shape index (κ2) is 5.30. The molecular formula is C12H17ClN2S. The average molecular weight is 257 g/mol. The zero-order valence-corrected chi connectivity index (χ0v) is 11.2. The molecule has 88 valence electrons. The number of rotatable bonds is 3. The highest BCUT2D eigenvalue weighted by Gasteiger charge is 2.24. The maximum Gasteiger partial charge on any atom is 0.0481 e. The van der Waals surface area contributed by atoms with Crippen LogP contribution in [0.25, 0.3) is 0 Å². The van der Waals surface area contributed by atoms with Gasteiger partial charge in [-0.05, 0) is 45.1 Å². The minimum atomic E-state index is 0.507. The molecule has 2 N–H and O–H groups in total. The number of thioether (sulfide) groups is 1. The summed E-state index contributed by atoms with van der Waals surface area (Å²) in [6.45, 7) is 3.30. The maximum atomic E-state index is 6.01. The number of hydrogen-bond donors (Lipinski definition) is 2. The van der Waals surface area contributed by atoms with E-state index >= 15 is 0 Å². The molecule has 16 heavy (non-hydrogen) atoms. The first-order chi connectivity index (χ1) is 7.70. The smallest absolute Gasteiger partial charge is 0.0481 e. The van der Waals surface area contributed by atoms with Crippen molar-refractivity contribution in [3.63, 3.8) is 0 Å². The summed E-state index contributed by atoms with van der Waals surface area (Å²) >= 11 is 7.94. The Hall–Kier alpha value is -0.380. The fourth-order valence-electron chi connectivity index (χ4n) is 1.91. The van der Waals surface area contributed by atoms with E-state index in [1.54, 1.807) is 0 Å². The van der Waals surface area contributed by atoms with Gasteiger partial charge >= 0.3 is 0 Å². The average Bonchev–Trinajstić information content (AvgIpc) is 2.27. The molecule has 2 atom stereocenters. The van der Waals surface area contributed by atoms with Crippen LogP contribution in [0.1, 0.15) is 13.3 Å². The van der Waals surface area contributed by atoms with Gasteiger partial charge in [-0.2, -0.15) is 0 Å². The molecule has 2 nitrogen and oxygen atoms in total. The lowest BCUT2D eigenvalue weighted by Gasteiger charge is -2.32. The van der Waals surface area contributed by atoms with Gasteiger partial charge in [-0.3, -0.25) is 0 Å². The molecule has 1 aromatic rings. The van der Waals surface area contributed by atoms with Crippen molar-refractivity contribution >= 4 is 29.1 Å². The van der Waals surface area contributed by atoms with Crippen LogP contribution in [0.3, 0.4) is 0 Å². The first-order valence-electron chi connectivity index (χ1n) is 5.58. The molecule has 0 saturated carbocycles. The van der Waals surface area contributed by atoms with Crippen molar-refractivity contribution < 1.29 is 0 Å². The zero-order chi connectivity index (χ0) is 11.5. The van der Waals surface area contributed by atoms with E-state index in [0.29, 0.717) is 11.3 Å². The van der Waals surface area contributed by atoms with Crippen molar-refractivity contribution in [3.05, 3.63) is 23.2 Å². The quantitative estimate of drug-likeness (QED) is 0.868. The Bertz CT molecular complexity index is 370. The summed E-state index contributed by atoms with van der Waals surface area (Å²) in [6.07, 6.45) is 1.17. The summed E-state index contributed by atoms with van der Waals surface area (Å²) in [5.41, 5.74) is 1.21. The SMILES string of the molecule is CNCCC1Sc2cc(Cl)ccc2NC1C. The van der Waals surface area contributed by atoms with E-state index in [2.05, 4.69) is 23.6 Å². The summed E-state index contributed by atoms with van der Waals surface area (Å²) in [5, 5.41) is 8.17. The fraction of sp³-hybridized carbons (Fsp3) is 0.500. The van der Waals surface area contributed by atoms with Gasteiger partial charge in [0.2, 0.25) is 0 Å². The number of halogens is 1. The van der Waals surface area contributed by atoms with E-state index in [1.807, 2.05) is 30.9 Å². The van der Waals surface area contributed by atoms with E-state index in [1.165, 1.54) is 17.0 Å². The topological polar surface area (TPSA) is 24.1 Å². The Morgan fingerprint density at radius 2 is 2.31 bits per heavy atom. The first-order valence-corrected chi connectivity index (χ1v) is 6.84. The van der Waals surface area contributed by atoms with E-state index in [9.17, 15) is 0 Å². The highest BCUT2D eigenvalue weighted by atomic mass is 35.5. The summed E-state index contributed by atoms with van der Waals surface area (Å²) in [7, 11) is 2.00. The highest BCUT2D eigenvalue weighted by molar-refractivity contribution is 8.00. The first kappa shape index (κ1) is 12.1. The van der Waals surface area contributed by atoms with Crippen molar-refractivity contribution in [2.45, 2.75) is 29.5 Å². The second-order valence-corrected chi connectivity index (χ2v) is 5.84. The van der Waals surface area contributed by atoms with Gasteiger partial charge in [0.25, 0.3) is 0 Å². The van der Waals surface area contributed by atoms with Gasteiger partial charge in [0.1, 0.15) is 0 Å². The lowest BCUT2D eigenvalue weighted by atomic mass is 10.1. The molecule has 0 aromatic heterocycles. The van der Waals surface area contributed by atoms with Gasteiger partial charge in [0.05, 0.1) is 0 Å². The minimum absolute atomic E-state index is 0.507. The fourth-order valence-corrected chi connectivity index (χ4v) is 3.43. The van der Waals surface area contributed by atoms with Crippen LogP contribution in [0.5, 0.6) is 0 Å². The number of anilines is 1. The minimum Gasteiger partial charge on any atom is -0.381 e. The Balaban J connectivity index is 2.13. The summed E-state index contributed by atoms with van der Waals surface area (Å²) < 4.78 is 0. The van der Waals surface area contributed by atoms with Crippen LogP contribution < -0.4 is 10.6 Å². The number of benzene rings is 1. The van der Waals surface area contributed by atoms with E-state index in [-0.39, 0.29) is 0 Å². The van der Waals surface area contributed by atoms with Gasteiger partial charge in [-0.1, -0.05) is 11.6 Å². The van der Waals surface area contributed by atoms with Crippen LogP contribution in [0.4, 0.5) is 5.69 Å². The molecule has 0 saturated heterocycles. The summed E-state index contributed by atoms with van der Waals surface area (Å²) in [4.78, 5) is 1.27. The Morgan fingerprint density at radius 1 is 1.50 bits per heavy atom. The monoisotopic (exact) mass is 256 g/mol. The van der Waals surface area contributed by atoms with Crippen LogP contribution in [0.15, 0.2) is 23.1 Å². The van der Waals surface area contributed by atoms with Gasteiger partial charge < -0.3 is 10.6 Å². The predicted octanol–water partition coefficient (Wildman–Crippen LogP) is 3.22. The second-order valence-electron chi connectivity index (χ2n) is 4.12. The molecule has 0 spiro atoms. The molecule has 1 heterocycles. The molecule has 0 radical (unpaired) electrons. The molecule has 4 heteroatoms. The van der Waals surface area contributed by atoms with E-state index < -0.39 is 0 Å². The van der Waals surface area contributed by atoms with Crippen molar-refractivity contribution in [3.8, 4) is 0 Å². The highest BCUT2D eigenvalue weighted by Crippen LogP contribution is 2.40. The number of nitrogens with one attached hydrogen (secondary N) is 2. The normalized spacial score (nSPS) is 23.7. The summed E-state index contributed by atoms with van der Waals surface area (Å²) in [6, 6.07) is 6.56. The Morgan fingerprint density at radius 3 is 3.06 bits per heavy atom. The molecule has 2 unspecified atom stereocenters. The van der Waals surface area contributed by atoms with E-state index in [0.717, 1.165) is 11.6 Å². The van der Waals surface area contributed by atoms with Crippen molar-refractivity contribution in [1.82, 2.24) is 5.32 Å². The number of hydrogen-bond acceptors (Lipinski definition) is 3. The predicted molar refractivity (Wildman–Crippen MR) is 72.7 cm³/mol. The molecule has 0 bridgehead atoms. The molecule has 1 aliphatic heterocycles. The molecule has 1 aromatic carbocycles. The molecule has 0 aliphatic carbocycles. The lowest BCUT2D eigenvalue weighted by Crippen LogP contribution is -2.33. The van der Waals surface area contributed by atoms with Crippen LogP contribution in [0, 0.1) is 0 Å². The van der Waals surface area contributed by atoms with Gasteiger partial charge in [0.15, 0.2) is 0 Å². The lowest BCUT2D eigenvalue weighted by molar-refractivity contribution is 0.634. The maximum absolute atomic E-state index is 6.01. The molecule has 0 amide bonds. The van der Waals surface area contributed by atoms with Crippen LogP contribution in [-0.2, 0) is 0 Å². The molecule has 0 fully saturated rings. The third-order valence-corrected chi connectivity index (χ3v) is 4.62. The van der Waals surface area contributed by atoms with Gasteiger partial charge in [0, 0.05) is 26.9 Å². The third-order valence-electron chi connectivity index (χ3n) is 2.84. The van der Waals surface area contributed by atoms with Crippen LogP contribution >= 0.6 is 23.4 Å². The standard InChI is InChI=1S/C12H17ClN2S/c1-8-11(5-6-14-2)16-12-7-9(13)3-4-10(12)15-8/h3-4,7-8,11,14-15H,5-6H2,1-2H3. The third kappa shape index (κ3) is 2.65. The van der Waals surface area contributed by atoms with Crippen molar-refractivity contribution in [2.24, 2.45) is 0 Å². The van der Waals surface area contributed by atoms with E-state index in [4.69, 9.17) is 11.6 Å². The zero-order valence-electron chi connectivity index (χ0n) is 9.59. The van der Waals surface area contributed by atoms with Gasteiger partial charge in [-0.25, -0.2) is 0 Å². The molecule has 1 aliphatic rings. The molecular weight excluding hydrogens is 240 g/mol. The van der Waals surface area contributed by atoms with Crippen LogP contribution in [-0.4, -0.2) is 24.9 Å². The largest absolute Gasteiger partial charge is 0.381 e. The number of fused-ring (bicyclic) bond motifs is 1. The van der Waals surface area contributed by atoms with Crippen molar-refractivity contribution in [1.29, 1.82) is 0 Å². The van der Waals surface area contributed by atoms with Gasteiger partial charge in [-0.15, -0.1) is 11.8 Å². The van der Waals surface area contributed by atoms with Crippen molar-refractivity contribution in [2.75, 3.05) is 18.9 Å².